The van der Waals surface area contributed by atoms with Crippen molar-refractivity contribution in [2.45, 2.75) is 12.8 Å². The molecule has 76 valence electrons. The van der Waals surface area contributed by atoms with Crippen LogP contribution in [0.15, 0.2) is 24.4 Å². The summed E-state index contributed by atoms with van der Waals surface area (Å²) in [5.41, 5.74) is 0.488. The number of carbonyl (C=O) groups excluding carboxylic acids is 1. The predicted molar refractivity (Wildman–Crippen MR) is 64.7 cm³/mol. The second kappa shape index (κ2) is 6.75. The first-order valence-corrected chi connectivity index (χ1v) is 6.12. The molecule has 1 aromatic heterocycles. The quantitative estimate of drug-likeness (QED) is 0.514. The first kappa shape index (κ1) is 11.4. The van der Waals surface area contributed by atoms with Crippen LogP contribution in [0.4, 0.5) is 0 Å². The van der Waals surface area contributed by atoms with Gasteiger partial charge in [0.2, 0.25) is 0 Å². The SMILES string of the molecule is O=C(NCCCCI)c1ccccn1. The molecular weight excluding hydrogens is 291 g/mol. The van der Waals surface area contributed by atoms with Crippen molar-refractivity contribution < 1.29 is 4.79 Å². The molecule has 0 aliphatic heterocycles. The molecule has 0 atom stereocenters. The topological polar surface area (TPSA) is 42.0 Å². The number of pyridine rings is 1. The summed E-state index contributed by atoms with van der Waals surface area (Å²) in [6.07, 6.45) is 3.80. The van der Waals surface area contributed by atoms with Gasteiger partial charge in [-0.25, -0.2) is 0 Å². The minimum Gasteiger partial charge on any atom is -0.351 e. The van der Waals surface area contributed by atoms with E-state index in [-0.39, 0.29) is 5.91 Å². The highest BCUT2D eigenvalue weighted by Crippen LogP contribution is 1.95. The lowest BCUT2D eigenvalue weighted by Gasteiger charge is -2.02. The Kier molecular flexibility index (Phi) is 5.51. The lowest BCUT2D eigenvalue weighted by molar-refractivity contribution is 0.0948. The Morgan fingerprint density at radius 1 is 1.43 bits per heavy atom. The zero-order valence-electron chi connectivity index (χ0n) is 7.87. The molecule has 0 saturated carbocycles. The van der Waals surface area contributed by atoms with Crippen molar-refractivity contribution in [1.82, 2.24) is 10.3 Å². The van der Waals surface area contributed by atoms with Crippen molar-refractivity contribution in [3.05, 3.63) is 30.1 Å². The summed E-state index contributed by atoms with van der Waals surface area (Å²) < 4.78 is 1.14. The number of hydrogen-bond acceptors (Lipinski definition) is 2. The van der Waals surface area contributed by atoms with Crippen LogP contribution in [-0.4, -0.2) is 21.9 Å². The molecule has 1 amide bonds. The fourth-order valence-electron chi connectivity index (χ4n) is 1.01. The molecule has 14 heavy (non-hydrogen) atoms. The number of rotatable bonds is 5. The van der Waals surface area contributed by atoms with Gasteiger partial charge in [-0.2, -0.15) is 0 Å². The Labute approximate surface area is 97.4 Å². The highest BCUT2D eigenvalue weighted by molar-refractivity contribution is 14.1. The van der Waals surface area contributed by atoms with Gasteiger partial charge < -0.3 is 5.32 Å². The summed E-state index contributed by atoms with van der Waals surface area (Å²) in [6.45, 7) is 0.735. The lowest BCUT2D eigenvalue weighted by Crippen LogP contribution is -2.25. The first-order valence-electron chi connectivity index (χ1n) is 4.60. The van der Waals surface area contributed by atoms with Gasteiger partial charge in [-0.1, -0.05) is 28.7 Å². The normalized spacial score (nSPS) is 9.79. The molecule has 0 fully saturated rings. The van der Waals surface area contributed by atoms with Crippen molar-refractivity contribution in [2.24, 2.45) is 0 Å². The van der Waals surface area contributed by atoms with Gasteiger partial charge in [0.15, 0.2) is 0 Å². The van der Waals surface area contributed by atoms with Crippen LogP contribution in [0.25, 0.3) is 0 Å². The largest absolute Gasteiger partial charge is 0.351 e. The number of nitrogens with zero attached hydrogens (tertiary/aromatic N) is 1. The van der Waals surface area contributed by atoms with E-state index in [1.807, 2.05) is 6.07 Å². The summed E-state index contributed by atoms with van der Waals surface area (Å²) >= 11 is 2.33. The van der Waals surface area contributed by atoms with Gasteiger partial charge >= 0.3 is 0 Å². The van der Waals surface area contributed by atoms with Gasteiger partial charge in [0.1, 0.15) is 5.69 Å². The summed E-state index contributed by atoms with van der Waals surface area (Å²) in [4.78, 5) is 15.4. The van der Waals surface area contributed by atoms with Gasteiger partial charge in [0.25, 0.3) is 5.91 Å². The van der Waals surface area contributed by atoms with Gasteiger partial charge in [0, 0.05) is 12.7 Å². The molecule has 0 aliphatic rings. The van der Waals surface area contributed by atoms with Crippen LogP contribution in [0.2, 0.25) is 0 Å². The number of halogens is 1. The molecule has 0 bridgehead atoms. The molecule has 3 nitrogen and oxygen atoms in total. The van der Waals surface area contributed by atoms with Gasteiger partial charge in [0.05, 0.1) is 0 Å². The third kappa shape index (κ3) is 4.04. The zero-order chi connectivity index (χ0) is 10.2. The van der Waals surface area contributed by atoms with E-state index in [1.165, 1.54) is 0 Å². The first-order chi connectivity index (χ1) is 6.84. The molecule has 0 spiro atoms. The van der Waals surface area contributed by atoms with Crippen LogP contribution in [0.3, 0.4) is 0 Å². The molecule has 1 aromatic rings. The van der Waals surface area contributed by atoms with E-state index in [2.05, 4.69) is 32.9 Å². The van der Waals surface area contributed by atoms with E-state index in [1.54, 1.807) is 18.3 Å². The number of carbonyl (C=O) groups is 1. The molecule has 4 heteroatoms. The second-order valence-electron chi connectivity index (χ2n) is 2.87. The van der Waals surface area contributed by atoms with Crippen molar-refractivity contribution >= 4 is 28.5 Å². The Balaban J connectivity index is 2.29. The average molecular weight is 304 g/mol. The minimum absolute atomic E-state index is 0.0842. The van der Waals surface area contributed by atoms with Crippen molar-refractivity contribution in [1.29, 1.82) is 0 Å². The second-order valence-corrected chi connectivity index (χ2v) is 3.95. The molecule has 0 aromatic carbocycles. The van der Waals surface area contributed by atoms with Crippen molar-refractivity contribution in [2.75, 3.05) is 11.0 Å². The maximum atomic E-state index is 11.4. The molecule has 1 heterocycles. The molecule has 0 aliphatic carbocycles. The molecule has 1 N–H and O–H groups in total. The van der Waals surface area contributed by atoms with E-state index in [0.29, 0.717) is 5.69 Å². The summed E-state index contributed by atoms with van der Waals surface area (Å²) in [5.74, 6) is -0.0842. The summed E-state index contributed by atoms with van der Waals surface area (Å²) in [7, 11) is 0. The number of aromatic nitrogens is 1. The Morgan fingerprint density at radius 3 is 2.93 bits per heavy atom. The number of hydrogen-bond donors (Lipinski definition) is 1. The fourth-order valence-corrected chi connectivity index (χ4v) is 1.55. The van der Waals surface area contributed by atoms with Crippen LogP contribution in [0.1, 0.15) is 23.3 Å². The fraction of sp³-hybridized carbons (Fsp3) is 0.400. The average Bonchev–Trinajstić information content (AvgIpc) is 2.25. The summed E-state index contributed by atoms with van der Waals surface area (Å²) in [5, 5.41) is 2.83. The standard InChI is InChI=1S/C10H13IN2O/c11-6-2-4-8-13-10(14)9-5-1-3-7-12-9/h1,3,5,7H,2,4,6,8H2,(H,13,14). The maximum absolute atomic E-state index is 11.4. The molecular formula is C10H13IN2O. The van der Waals surface area contributed by atoms with Gasteiger partial charge in [-0.15, -0.1) is 0 Å². The molecule has 0 saturated heterocycles. The Hall–Kier alpha value is -0.650. The van der Waals surface area contributed by atoms with Gasteiger partial charge in [-0.3, -0.25) is 9.78 Å². The number of nitrogens with one attached hydrogen (secondary N) is 1. The summed E-state index contributed by atoms with van der Waals surface area (Å²) in [6, 6.07) is 5.33. The Bertz CT molecular complexity index is 277. The minimum atomic E-state index is -0.0842. The van der Waals surface area contributed by atoms with Crippen LogP contribution >= 0.6 is 22.6 Å². The smallest absolute Gasteiger partial charge is 0.269 e. The van der Waals surface area contributed by atoms with Crippen molar-refractivity contribution in [3.63, 3.8) is 0 Å². The van der Waals surface area contributed by atoms with Crippen LogP contribution in [0, 0.1) is 0 Å². The number of amides is 1. The van der Waals surface area contributed by atoms with Crippen LogP contribution in [-0.2, 0) is 0 Å². The van der Waals surface area contributed by atoms with E-state index in [9.17, 15) is 4.79 Å². The van der Waals surface area contributed by atoms with Crippen molar-refractivity contribution in [3.8, 4) is 0 Å². The predicted octanol–water partition coefficient (Wildman–Crippen LogP) is 2.03. The number of unbranched alkanes of at least 4 members (excludes halogenated alkanes) is 1. The van der Waals surface area contributed by atoms with E-state index in [4.69, 9.17) is 0 Å². The van der Waals surface area contributed by atoms with Gasteiger partial charge in [-0.05, 0) is 29.4 Å². The highest BCUT2D eigenvalue weighted by Gasteiger charge is 2.03. The van der Waals surface area contributed by atoms with E-state index in [0.717, 1.165) is 23.8 Å². The molecule has 1 rings (SSSR count). The zero-order valence-corrected chi connectivity index (χ0v) is 10.0. The Morgan fingerprint density at radius 2 is 2.29 bits per heavy atom. The van der Waals surface area contributed by atoms with E-state index >= 15 is 0 Å². The van der Waals surface area contributed by atoms with Crippen LogP contribution < -0.4 is 5.32 Å². The monoisotopic (exact) mass is 304 g/mol. The van der Waals surface area contributed by atoms with Crippen LogP contribution in [0.5, 0.6) is 0 Å². The molecule has 0 radical (unpaired) electrons. The highest BCUT2D eigenvalue weighted by atomic mass is 127. The molecule has 0 unspecified atom stereocenters. The lowest BCUT2D eigenvalue weighted by atomic mass is 10.3. The van der Waals surface area contributed by atoms with E-state index < -0.39 is 0 Å². The third-order valence-corrected chi connectivity index (χ3v) is 2.51. The number of alkyl halides is 1. The maximum Gasteiger partial charge on any atom is 0.269 e. The third-order valence-electron chi connectivity index (χ3n) is 1.74.